The Morgan fingerprint density at radius 3 is 2.75 bits per heavy atom. The Morgan fingerprint density at radius 1 is 1.44 bits per heavy atom. The minimum Gasteiger partial charge on any atom is -0.356 e. The molecule has 16 heavy (non-hydrogen) atoms. The van der Waals surface area contributed by atoms with Crippen molar-refractivity contribution in [3.63, 3.8) is 0 Å². The maximum atomic E-state index is 10.3. The van der Waals surface area contributed by atoms with E-state index >= 15 is 0 Å². The zero-order chi connectivity index (χ0) is 12.0. The van der Waals surface area contributed by atoms with Crippen LogP contribution in [0, 0.1) is 6.92 Å². The van der Waals surface area contributed by atoms with Crippen molar-refractivity contribution in [2.75, 3.05) is 0 Å². The van der Waals surface area contributed by atoms with Crippen molar-refractivity contribution in [3.05, 3.63) is 41.0 Å². The van der Waals surface area contributed by atoms with E-state index < -0.39 is 0 Å². The van der Waals surface area contributed by atoms with Crippen LogP contribution in [0.5, 0.6) is 0 Å². The van der Waals surface area contributed by atoms with Gasteiger partial charge in [0.1, 0.15) is 0 Å². The average Bonchev–Trinajstić information content (AvgIpc) is 2.21. The molecule has 2 heteroatoms. The number of benzene rings is 1. The molecule has 1 aromatic rings. The van der Waals surface area contributed by atoms with Crippen molar-refractivity contribution < 1.29 is 4.79 Å². The molecule has 0 aliphatic rings. The van der Waals surface area contributed by atoms with Gasteiger partial charge in [-0.3, -0.25) is 4.79 Å². The average molecular weight is 217 g/mol. The molecular formula is C14H19NO. The van der Waals surface area contributed by atoms with Gasteiger partial charge in [0.05, 0.1) is 0 Å². The van der Waals surface area contributed by atoms with Crippen LogP contribution < -0.4 is 5.32 Å². The first-order valence-corrected chi connectivity index (χ1v) is 5.56. The lowest BCUT2D eigenvalue weighted by Crippen LogP contribution is -2.24. The molecule has 1 rings (SSSR count). The fraction of sp³-hybridized carbons (Fsp3) is 0.357. The molecule has 0 saturated carbocycles. The summed E-state index contributed by atoms with van der Waals surface area (Å²) in [7, 11) is 0. The van der Waals surface area contributed by atoms with Gasteiger partial charge in [-0.05, 0) is 38.3 Å². The highest BCUT2D eigenvalue weighted by molar-refractivity contribution is 5.56. The smallest absolute Gasteiger partial charge is 0.207 e. The quantitative estimate of drug-likeness (QED) is 0.755. The molecule has 1 amide bonds. The third kappa shape index (κ3) is 3.89. The van der Waals surface area contributed by atoms with E-state index in [1.54, 1.807) is 0 Å². The Balaban J connectivity index is 2.70. The van der Waals surface area contributed by atoms with E-state index in [4.69, 9.17) is 0 Å². The number of carbonyl (C=O) groups is 1. The summed E-state index contributed by atoms with van der Waals surface area (Å²) in [6.45, 7) is 6.20. The summed E-state index contributed by atoms with van der Waals surface area (Å²) in [4.78, 5) is 10.3. The van der Waals surface area contributed by atoms with Gasteiger partial charge in [0.25, 0.3) is 0 Å². The Morgan fingerprint density at radius 2 is 2.12 bits per heavy atom. The van der Waals surface area contributed by atoms with E-state index in [1.807, 2.05) is 19.1 Å². The van der Waals surface area contributed by atoms with Crippen molar-refractivity contribution in [2.24, 2.45) is 0 Å². The highest BCUT2D eigenvalue weighted by atomic mass is 16.1. The van der Waals surface area contributed by atoms with E-state index in [2.05, 4.69) is 37.4 Å². The molecule has 86 valence electrons. The predicted molar refractivity (Wildman–Crippen MR) is 68.1 cm³/mol. The first-order valence-electron chi connectivity index (χ1n) is 5.56. The van der Waals surface area contributed by atoms with Gasteiger partial charge < -0.3 is 5.32 Å². The van der Waals surface area contributed by atoms with Gasteiger partial charge in [-0.2, -0.15) is 0 Å². The van der Waals surface area contributed by atoms with Crippen LogP contribution in [0.2, 0.25) is 0 Å². The largest absolute Gasteiger partial charge is 0.356 e. The maximum absolute atomic E-state index is 10.3. The molecular weight excluding hydrogens is 198 g/mol. The molecule has 0 aliphatic heterocycles. The number of hydrogen-bond donors (Lipinski definition) is 1. The lowest BCUT2D eigenvalue weighted by Gasteiger charge is -2.10. The third-order valence-electron chi connectivity index (χ3n) is 2.57. The fourth-order valence-electron chi connectivity index (χ4n) is 1.73. The van der Waals surface area contributed by atoms with Crippen molar-refractivity contribution in [1.82, 2.24) is 5.32 Å². The maximum Gasteiger partial charge on any atom is 0.207 e. The Labute approximate surface area is 97.4 Å². The van der Waals surface area contributed by atoms with Crippen LogP contribution in [-0.2, 0) is 4.79 Å². The SMILES string of the molecule is C/C(=C\c1ccccc1C)CC(C)NC=O. The molecule has 0 spiro atoms. The van der Waals surface area contributed by atoms with Crippen LogP contribution in [0.4, 0.5) is 0 Å². The van der Waals surface area contributed by atoms with Crippen LogP contribution >= 0.6 is 0 Å². The lowest BCUT2D eigenvalue weighted by atomic mass is 10.0. The lowest BCUT2D eigenvalue weighted by molar-refractivity contribution is -0.110. The van der Waals surface area contributed by atoms with Crippen molar-refractivity contribution >= 4 is 12.5 Å². The van der Waals surface area contributed by atoms with Crippen LogP contribution in [0.25, 0.3) is 6.08 Å². The van der Waals surface area contributed by atoms with E-state index in [1.165, 1.54) is 16.7 Å². The highest BCUT2D eigenvalue weighted by Gasteiger charge is 2.01. The molecule has 1 N–H and O–H groups in total. The summed E-state index contributed by atoms with van der Waals surface area (Å²) >= 11 is 0. The van der Waals surface area contributed by atoms with E-state index in [0.29, 0.717) is 0 Å². The van der Waals surface area contributed by atoms with Gasteiger partial charge in [-0.15, -0.1) is 0 Å². The topological polar surface area (TPSA) is 29.1 Å². The fourth-order valence-corrected chi connectivity index (χ4v) is 1.73. The molecule has 0 radical (unpaired) electrons. The van der Waals surface area contributed by atoms with Gasteiger partial charge in [0.2, 0.25) is 6.41 Å². The predicted octanol–water partition coefficient (Wildman–Crippen LogP) is 2.92. The normalized spacial score (nSPS) is 13.3. The Hall–Kier alpha value is -1.57. The monoisotopic (exact) mass is 217 g/mol. The van der Waals surface area contributed by atoms with Crippen LogP contribution in [0.15, 0.2) is 29.8 Å². The zero-order valence-electron chi connectivity index (χ0n) is 10.2. The van der Waals surface area contributed by atoms with E-state index in [9.17, 15) is 4.79 Å². The van der Waals surface area contributed by atoms with Crippen molar-refractivity contribution in [1.29, 1.82) is 0 Å². The summed E-state index contributed by atoms with van der Waals surface area (Å²) in [6.07, 6.45) is 3.82. The summed E-state index contributed by atoms with van der Waals surface area (Å²) < 4.78 is 0. The molecule has 0 bridgehead atoms. The number of aryl methyl sites for hydroxylation is 1. The molecule has 0 saturated heterocycles. The Bertz CT molecular complexity index is 382. The number of amides is 1. The number of rotatable bonds is 5. The molecule has 0 fully saturated rings. The molecule has 0 heterocycles. The second-order valence-corrected chi connectivity index (χ2v) is 4.24. The molecule has 2 nitrogen and oxygen atoms in total. The van der Waals surface area contributed by atoms with Crippen LogP contribution in [0.1, 0.15) is 31.4 Å². The summed E-state index contributed by atoms with van der Waals surface area (Å²) in [6, 6.07) is 8.48. The molecule has 1 unspecified atom stereocenters. The Kier molecular flexibility index (Phi) is 4.77. The molecule has 1 atom stereocenters. The first-order chi connectivity index (χ1) is 7.63. The first kappa shape index (κ1) is 12.5. The van der Waals surface area contributed by atoms with Crippen LogP contribution in [0.3, 0.4) is 0 Å². The minimum absolute atomic E-state index is 0.192. The summed E-state index contributed by atoms with van der Waals surface area (Å²) in [5.41, 5.74) is 3.80. The van der Waals surface area contributed by atoms with Gasteiger partial charge in [0.15, 0.2) is 0 Å². The number of nitrogens with one attached hydrogen (secondary N) is 1. The summed E-state index contributed by atoms with van der Waals surface area (Å²) in [5.74, 6) is 0. The van der Waals surface area contributed by atoms with Gasteiger partial charge in [-0.25, -0.2) is 0 Å². The number of carbonyl (C=O) groups excluding carboxylic acids is 1. The second-order valence-electron chi connectivity index (χ2n) is 4.24. The highest BCUT2D eigenvalue weighted by Crippen LogP contribution is 2.14. The standard InChI is InChI=1S/C14H19NO/c1-11(8-13(3)15-10-16)9-14-7-5-4-6-12(14)2/h4-7,9-10,13H,8H2,1-3H3,(H,15,16)/b11-9+. The second kappa shape index (κ2) is 6.11. The van der Waals surface area contributed by atoms with Crippen molar-refractivity contribution in [3.8, 4) is 0 Å². The van der Waals surface area contributed by atoms with E-state index in [0.717, 1.165) is 12.8 Å². The van der Waals surface area contributed by atoms with Crippen LogP contribution in [-0.4, -0.2) is 12.5 Å². The third-order valence-corrected chi connectivity index (χ3v) is 2.57. The number of hydrogen-bond acceptors (Lipinski definition) is 1. The van der Waals surface area contributed by atoms with Gasteiger partial charge in [0, 0.05) is 6.04 Å². The van der Waals surface area contributed by atoms with Gasteiger partial charge in [-0.1, -0.05) is 35.9 Å². The zero-order valence-corrected chi connectivity index (χ0v) is 10.2. The van der Waals surface area contributed by atoms with E-state index in [-0.39, 0.29) is 6.04 Å². The molecule has 0 aromatic heterocycles. The van der Waals surface area contributed by atoms with Gasteiger partial charge >= 0.3 is 0 Å². The molecule has 0 aliphatic carbocycles. The minimum atomic E-state index is 0.192. The molecule has 1 aromatic carbocycles. The summed E-state index contributed by atoms with van der Waals surface area (Å²) in [5, 5.41) is 2.76. The van der Waals surface area contributed by atoms with Crippen molar-refractivity contribution in [2.45, 2.75) is 33.2 Å².